The fourth-order valence-corrected chi connectivity index (χ4v) is 3.71. The number of rotatable bonds is 5. The molecule has 0 bridgehead atoms. The van der Waals surface area contributed by atoms with Crippen molar-refractivity contribution < 1.29 is 4.79 Å². The highest BCUT2D eigenvalue weighted by Crippen LogP contribution is 2.57. The molecule has 2 atom stereocenters. The number of carbonyl (C=O) groups excluding carboxylic acids is 1. The summed E-state index contributed by atoms with van der Waals surface area (Å²) < 4.78 is 2.60. The van der Waals surface area contributed by atoms with Gasteiger partial charge in [-0.05, 0) is 36.9 Å². The maximum absolute atomic E-state index is 12.0. The summed E-state index contributed by atoms with van der Waals surface area (Å²) in [6.45, 7) is 3.38. The van der Waals surface area contributed by atoms with Gasteiger partial charge in [0.25, 0.3) is 0 Å². The van der Waals surface area contributed by atoms with Crippen molar-refractivity contribution in [3.05, 3.63) is 10.6 Å². The van der Waals surface area contributed by atoms with Crippen molar-refractivity contribution in [1.82, 2.24) is 20.1 Å². The molecule has 0 unspecified atom stereocenters. The first kappa shape index (κ1) is 12.8. The first-order valence-corrected chi connectivity index (χ1v) is 7.55. The van der Waals surface area contributed by atoms with Crippen LogP contribution in [-0.4, -0.2) is 27.2 Å². The van der Waals surface area contributed by atoms with Crippen molar-refractivity contribution in [2.75, 3.05) is 6.54 Å². The van der Waals surface area contributed by atoms with Gasteiger partial charge in [0.05, 0.1) is 0 Å². The van der Waals surface area contributed by atoms with E-state index >= 15 is 0 Å². The van der Waals surface area contributed by atoms with E-state index in [1.807, 2.05) is 11.5 Å². The minimum absolute atomic E-state index is 0.239. The topological polar surface area (TPSA) is 62.7 Å². The van der Waals surface area contributed by atoms with E-state index in [-0.39, 0.29) is 5.91 Å². The lowest BCUT2D eigenvalue weighted by Gasteiger charge is -2.08. The van der Waals surface area contributed by atoms with Gasteiger partial charge >= 0.3 is 0 Å². The van der Waals surface area contributed by atoms with Crippen LogP contribution in [0.2, 0.25) is 0 Å². The highest BCUT2D eigenvalue weighted by atomic mass is 32.1. The van der Waals surface area contributed by atoms with Crippen molar-refractivity contribution in [3.8, 4) is 0 Å². The molecule has 104 valence electrons. The lowest BCUT2D eigenvalue weighted by Crippen LogP contribution is -2.30. The Morgan fingerprint density at radius 2 is 2.26 bits per heavy atom. The Kier molecular flexibility index (Phi) is 3.43. The van der Waals surface area contributed by atoms with Crippen LogP contribution in [0.15, 0.2) is 0 Å². The third-order valence-electron chi connectivity index (χ3n) is 4.50. The number of nitrogens with one attached hydrogen (secondary N) is 2. The first-order valence-electron chi connectivity index (χ1n) is 7.14. The average molecular weight is 280 g/mol. The van der Waals surface area contributed by atoms with Crippen molar-refractivity contribution in [1.29, 1.82) is 0 Å². The van der Waals surface area contributed by atoms with Gasteiger partial charge < -0.3 is 9.88 Å². The van der Waals surface area contributed by atoms with Gasteiger partial charge in [0.1, 0.15) is 5.82 Å². The summed E-state index contributed by atoms with van der Waals surface area (Å²) in [7, 11) is 0. The van der Waals surface area contributed by atoms with Gasteiger partial charge in [-0.15, -0.1) is 0 Å². The number of amides is 1. The molecular weight excluding hydrogens is 260 g/mol. The number of aryl methyl sites for hydroxylation is 1. The summed E-state index contributed by atoms with van der Waals surface area (Å²) in [4.78, 5) is 12.0. The number of aromatic amines is 1. The molecule has 2 N–H and O–H groups in total. The Hall–Kier alpha value is -1.17. The van der Waals surface area contributed by atoms with Crippen molar-refractivity contribution in [2.24, 2.45) is 17.8 Å². The number of nitrogens with zero attached hydrogens (tertiary/aromatic N) is 2. The molecule has 2 saturated carbocycles. The Bertz CT molecular complexity index is 525. The smallest absolute Gasteiger partial charge is 0.223 e. The van der Waals surface area contributed by atoms with Gasteiger partial charge in [-0.25, -0.2) is 0 Å². The van der Waals surface area contributed by atoms with Crippen LogP contribution in [0.3, 0.4) is 0 Å². The van der Waals surface area contributed by atoms with Gasteiger partial charge in [0.2, 0.25) is 5.91 Å². The quantitative estimate of drug-likeness (QED) is 0.806. The zero-order valence-corrected chi connectivity index (χ0v) is 12.0. The molecule has 2 aliphatic carbocycles. The standard InChI is InChI=1S/C13H20N4OS/c1-2-10-15-16-13(19)17(10)7-6-14-12(18)11-8-4-3-5-9(8)11/h8-9,11H,2-7H2,1H3,(H,14,18)(H,16,19)/t8-,9-/m1/s1. The predicted molar refractivity (Wildman–Crippen MR) is 74.1 cm³/mol. The lowest BCUT2D eigenvalue weighted by atomic mass is 10.1. The molecule has 3 rings (SSSR count). The molecule has 6 heteroatoms. The highest BCUT2D eigenvalue weighted by molar-refractivity contribution is 7.71. The summed E-state index contributed by atoms with van der Waals surface area (Å²) in [6, 6.07) is 0. The number of hydrogen-bond acceptors (Lipinski definition) is 3. The largest absolute Gasteiger partial charge is 0.354 e. The monoisotopic (exact) mass is 280 g/mol. The molecule has 19 heavy (non-hydrogen) atoms. The zero-order chi connectivity index (χ0) is 13.4. The molecule has 1 heterocycles. The minimum atomic E-state index is 0.239. The molecule has 1 aromatic heterocycles. The van der Waals surface area contributed by atoms with Gasteiger partial charge in [-0.2, -0.15) is 5.10 Å². The van der Waals surface area contributed by atoms with Crippen molar-refractivity contribution in [3.63, 3.8) is 0 Å². The summed E-state index contributed by atoms with van der Waals surface area (Å²) >= 11 is 5.18. The highest BCUT2D eigenvalue weighted by Gasteiger charge is 2.56. The van der Waals surface area contributed by atoms with E-state index in [1.165, 1.54) is 19.3 Å². The Labute approximate surface area is 117 Å². The van der Waals surface area contributed by atoms with Crippen LogP contribution in [0.4, 0.5) is 0 Å². The van der Waals surface area contributed by atoms with Crippen LogP contribution >= 0.6 is 12.2 Å². The molecule has 0 saturated heterocycles. The maximum Gasteiger partial charge on any atom is 0.223 e. The number of aromatic nitrogens is 3. The molecule has 0 radical (unpaired) electrons. The number of carbonyl (C=O) groups is 1. The normalized spacial score (nSPS) is 28.2. The fraction of sp³-hybridized carbons (Fsp3) is 0.769. The van der Waals surface area contributed by atoms with Gasteiger partial charge in [-0.1, -0.05) is 13.3 Å². The Morgan fingerprint density at radius 3 is 2.95 bits per heavy atom. The van der Waals surface area contributed by atoms with Gasteiger partial charge in [-0.3, -0.25) is 9.89 Å². The maximum atomic E-state index is 12.0. The second-order valence-electron chi connectivity index (χ2n) is 5.53. The number of H-pyrrole nitrogens is 1. The van der Waals surface area contributed by atoms with Crippen molar-refractivity contribution >= 4 is 18.1 Å². The molecule has 0 aromatic carbocycles. The fourth-order valence-electron chi connectivity index (χ4n) is 3.47. The molecule has 2 aliphatic rings. The summed E-state index contributed by atoms with van der Waals surface area (Å²) in [5, 5.41) is 10.00. The second kappa shape index (κ2) is 5.07. The van der Waals surface area contributed by atoms with Crippen LogP contribution in [0.1, 0.15) is 32.0 Å². The van der Waals surface area contributed by atoms with E-state index in [2.05, 4.69) is 15.5 Å². The molecule has 1 aromatic rings. The number of fused-ring (bicyclic) bond motifs is 1. The lowest BCUT2D eigenvalue weighted by molar-refractivity contribution is -0.123. The van der Waals surface area contributed by atoms with E-state index in [4.69, 9.17) is 12.2 Å². The average Bonchev–Trinajstić information content (AvgIpc) is 2.74. The summed E-state index contributed by atoms with van der Waals surface area (Å²) in [5.41, 5.74) is 0. The molecule has 2 fully saturated rings. The van der Waals surface area contributed by atoms with E-state index in [0.717, 1.165) is 12.2 Å². The first-order chi connectivity index (χ1) is 9.22. The summed E-state index contributed by atoms with van der Waals surface area (Å²) in [5.74, 6) is 2.85. The third-order valence-corrected chi connectivity index (χ3v) is 4.81. The second-order valence-corrected chi connectivity index (χ2v) is 5.91. The van der Waals surface area contributed by atoms with Crippen LogP contribution in [0.5, 0.6) is 0 Å². The van der Waals surface area contributed by atoms with Crippen LogP contribution in [0, 0.1) is 22.5 Å². The van der Waals surface area contributed by atoms with Crippen LogP contribution < -0.4 is 5.32 Å². The van der Waals surface area contributed by atoms with Crippen LogP contribution in [-0.2, 0) is 17.8 Å². The third kappa shape index (κ3) is 2.33. The van der Waals surface area contributed by atoms with E-state index in [0.29, 0.717) is 35.6 Å². The molecular formula is C13H20N4OS. The molecule has 0 spiro atoms. The zero-order valence-electron chi connectivity index (χ0n) is 11.2. The minimum Gasteiger partial charge on any atom is -0.354 e. The van der Waals surface area contributed by atoms with Crippen molar-refractivity contribution in [2.45, 2.75) is 39.2 Å². The number of hydrogen-bond donors (Lipinski definition) is 2. The molecule has 5 nitrogen and oxygen atoms in total. The molecule has 0 aliphatic heterocycles. The van der Waals surface area contributed by atoms with E-state index in [9.17, 15) is 4.79 Å². The molecule has 1 amide bonds. The van der Waals surface area contributed by atoms with Gasteiger partial charge in [0.15, 0.2) is 4.77 Å². The van der Waals surface area contributed by atoms with Crippen LogP contribution in [0.25, 0.3) is 0 Å². The Morgan fingerprint density at radius 1 is 1.53 bits per heavy atom. The van der Waals surface area contributed by atoms with E-state index < -0.39 is 0 Å². The summed E-state index contributed by atoms with van der Waals surface area (Å²) in [6.07, 6.45) is 4.64. The van der Waals surface area contributed by atoms with Gasteiger partial charge in [0, 0.05) is 25.4 Å². The van der Waals surface area contributed by atoms with E-state index in [1.54, 1.807) is 0 Å². The SMILES string of the molecule is CCc1n[nH]c(=S)n1CCNC(=O)C1[C@@H]2CCC[C@@H]12. The predicted octanol–water partition coefficient (Wildman–Crippen LogP) is 1.67. The Balaban J connectivity index is 1.49.